The molecule has 4 bridgehead atoms. The Labute approximate surface area is 124 Å². The van der Waals surface area contributed by atoms with Gasteiger partial charge in [0, 0.05) is 17.8 Å². The Bertz CT molecular complexity index is 567. The summed E-state index contributed by atoms with van der Waals surface area (Å²) < 4.78 is 6.32. The van der Waals surface area contributed by atoms with Crippen LogP contribution in [-0.4, -0.2) is 28.6 Å². The fraction of sp³-hybridized carbons (Fsp3) is 0.765. The molecule has 0 aromatic rings. The zero-order valence-corrected chi connectivity index (χ0v) is 12.6. The summed E-state index contributed by atoms with van der Waals surface area (Å²) in [4.78, 5) is 23.6. The minimum absolute atomic E-state index is 0.0282. The van der Waals surface area contributed by atoms with Gasteiger partial charge in [-0.05, 0) is 50.0 Å². The molecule has 2 aliphatic heterocycles. The highest BCUT2D eigenvalue weighted by molar-refractivity contribution is 5.96. The zero-order chi connectivity index (χ0) is 15.0. The van der Waals surface area contributed by atoms with E-state index in [1.165, 1.54) is 0 Å². The van der Waals surface area contributed by atoms with Crippen LogP contribution >= 0.6 is 0 Å². The van der Waals surface area contributed by atoms with Crippen LogP contribution in [0.4, 0.5) is 0 Å². The fourth-order valence-corrected chi connectivity index (χ4v) is 6.01. The predicted octanol–water partition coefficient (Wildman–Crippen LogP) is 2.57. The Morgan fingerprint density at radius 2 is 2.24 bits per heavy atom. The van der Waals surface area contributed by atoms with Crippen molar-refractivity contribution in [1.29, 1.82) is 0 Å². The number of carbonyl (C=O) groups excluding carboxylic acids is 1. The van der Waals surface area contributed by atoms with E-state index >= 15 is 0 Å². The summed E-state index contributed by atoms with van der Waals surface area (Å²) in [5, 5.41) is 9.03. The van der Waals surface area contributed by atoms with Gasteiger partial charge in [0.05, 0.1) is 11.7 Å². The van der Waals surface area contributed by atoms with Gasteiger partial charge in [-0.15, -0.1) is 0 Å². The normalized spacial score (nSPS) is 53.2. The van der Waals surface area contributed by atoms with Crippen molar-refractivity contribution in [2.45, 2.75) is 57.7 Å². The number of hydrogen-bond acceptors (Lipinski definition) is 3. The molecule has 0 amide bonds. The van der Waals surface area contributed by atoms with Gasteiger partial charge < -0.3 is 9.84 Å². The second kappa shape index (κ2) is 3.78. The van der Waals surface area contributed by atoms with Crippen LogP contribution in [0.3, 0.4) is 0 Å². The van der Waals surface area contributed by atoms with Crippen molar-refractivity contribution in [2.75, 3.05) is 0 Å². The Kier molecular flexibility index (Phi) is 2.43. The molecule has 4 fully saturated rings. The number of aliphatic carboxylic acids is 1. The first-order chi connectivity index (χ1) is 9.79. The number of ketones is 1. The van der Waals surface area contributed by atoms with E-state index in [2.05, 4.69) is 13.0 Å². The first-order valence-electron chi connectivity index (χ1n) is 7.92. The van der Waals surface area contributed by atoms with Gasteiger partial charge in [-0.25, -0.2) is 0 Å². The molecular weight excluding hydrogens is 268 g/mol. The summed E-state index contributed by atoms with van der Waals surface area (Å²) in [6.45, 7) is 4.17. The van der Waals surface area contributed by atoms with Crippen LogP contribution in [0.5, 0.6) is 0 Å². The van der Waals surface area contributed by atoms with Crippen LogP contribution in [-0.2, 0) is 14.3 Å². The molecule has 4 nitrogen and oxygen atoms in total. The first kappa shape index (κ1) is 13.5. The first-order valence-corrected chi connectivity index (χ1v) is 7.92. The van der Waals surface area contributed by atoms with E-state index in [9.17, 15) is 9.59 Å². The van der Waals surface area contributed by atoms with Gasteiger partial charge in [0.25, 0.3) is 0 Å². The van der Waals surface area contributed by atoms with Crippen LogP contribution in [0.1, 0.15) is 46.0 Å². The molecule has 6 atom stereocenters. The van der Waals surface area contributed by atoms with Crippen LogP contribution in [0.15, 0.2) is 12.2 Å². The average Bonchev–Trinajstić information content (AvgIpc) is 2.75. The molecule has 0 aromatic carbocycles. The highest BCUT2D eigenvalue weighted by Crippen LogP contribution is 2.71. The summed E-state index contributed by atoms with van der Waals surface area (Å²) in [7, 11) is 0. The van der Waals surface area contributed by atoms with Gasteiger partial charge in [0.2, 0.25) is 0 Å². The maximum Gasteiger partial charge on any atom is 0.303 e. The van der Waals surface area contributed by atoms with Gasteiger partial charge >= 0.3 is 5.97 Å². The molecule has 2 saturated carbocycles. The third-order valence-corrected chi connectivity index (χ3v) is 6.77. The molecule has 0 unspecified atom stereocenters. The molecule has 5 aliphatic rings. The predicted molar refractivity (Wildman–Crippen MR) is 75.7 cm³/mol. The lowest BCUT2D eigenvalue weighted by Crippen LogP contribution is -2.56. The Morgan fingerprint density at radius 3 is 2.90 bits per heavy atom. The zero-order valence-electron chi connectivity index (χ0n) is 12.6. The smallest absolute Gasteiger partial charge is 0.303 e. The third-order valence-electron chi connectivity index (χ3n) is 6.77. The van der Waals surface area contributed by atoms with Crippen molar-refractivity contribution in [3.05, 3.63) is 12.2 Å². The maximum atomic E-state index is 12.6. The Hall–Kier alpha value is -1.16. The third kappa shape index (κ3) is 1.54. The second-order valence-electron chi connectivity index (χ2n) is 8.00. The lowest BCUT2D eigenvalue weighted by atomic mass is 9.51. The second-order valence-corrected chi connectivity index (χ2v) is 8.00. The molecule has 4 heteroatoms. The lowest BCUT2D eigenvalue weighted by molar-refractivity contribution is -0.170. The molecule has 114 valence electrons. The Morgan fingerprint density at radius 1 is 1.48 bits per heavy atom. The summed E-state index contributed by atoms with van der Waals surface area (Å²) in [5.41, 5.74) is -0.560. The number of hydrogen-bond donors (Lipinski definition) is 1. The van der Waals surface area contributed by atoms with E-state index in [0.717, 1.165) is 19.3 Å². The SMILES string of the molecule is C[C@]12C[C@@]34C=CC(=O)[C@@](C)(CCC(=O)O)[C@@H]3[C@H](C[C@@H]1C4)O2. The van der Waals surface area contributed by atoms with Crippen molar-refractivity contribution in [3.8, 4) is 0 Å². The van der Waals surface area contributed by atoms with Gasteiger partial charge in [0.1, 0.15) is 0 Å². The van der Waals surface area contributed by atoms with Crippen molar-refractivity contribution in [1.82, 2.24) is 0 Å². The van der Waals surface area contributed by atoms with Crippen LogP contribution in [0.2, 0.25) is 0 Å². The summed E-state index contributed by atoms with van der Waals surface area (Å²) >= 11 is 0. The number of rotatable bonds is 3. The summed E-state index contributed by atoms with van der Waals surface area (Å²) in [6.07, 6.45) is 7.57. The number of ether oxygens (including phenoxy) is 1. The van der Waals surface area contributed by atoms with Crippen molar-refractivity contribution >= 4 is 11.8 Å². The van der Waals surface area contributed by atoms with Crippen molar-refractivity contribution < 1.29 is 19.4 Å². The van der Waals surface area contributed by atoms with Crippen LogP contribution in [0, 0.1) is 22.7 Å². The number of allylic oxidation sites excluding steroid dienone is 2. The van der Waals surface area contributed by atoms with E-state index in [0.29, 0.717) is 12.3 Å². The monoisotopic (exact) mass is 290 g/mol. The highest BCUT2D eigenvalue weighted by Gasteiger charge is 2.71. The molecule has 2 heterocycles. The topological polar surface area (TPSA) is 63.6 Å². The summed E-state index contributed by atoms with van der Waals surface area (Å²) in [6, 6.07) is 0. The standard InChI is InChI=1S/C17H22O4/c1-15(5-4-13(19)20)12(18)3-6-17-8-10-7-11(14(15)17)21-16(10,2)9-17/h3,6,10-11,14H,4-5,7-9H2,1-2H3,(H,19,20)/t10-,11+,14+,15-,16+,17+/m1/s1. The minimum Gasteiger partial charge on any atom is -0.481 e. The van der Waals surface area contributed by atoms with E-state index < -0.39 is 11.4 Å². The molecule has 2 saturated heterocycles. The van der Waals surface area contributed by atoms with Gasteiger partial charge in [-0.1, -0.05) is 13.0 Å². The molecule has 1 spiro atoms. The molecule has 0 aromatic heterocycles. The van der Waals surface area contributed by atoms with E-state index in [-0.39, 0.29) is 35.2 Å². The van der Waals surface area contributed by atoms with Gasteiger partial charge in [0.15, 0.2) is 5.78 Å². The molecule has 5 rings (SSSR count). The fourth-order valence-electron chi connectivity index (χ4n) is 6.01. The quantitative estimate of drug-likeness (QED) is 0.867. The highest BCUT2D eigenvalue weighted by atomic mass is 16.5. The van der Waals surface area contributed by atoms with E-state index in [1.807, 2.05) is 6.92 Å². The molecule has 3 aliphatic carbocycles. The molecule has 0 radical (unpaired) electrons. The van der Waals surface area contributed by atoms with Crippen molar-refractivity contribution in [2.24, 2.45) is 22.7 Å². The minimum atomic E-state index is -0.827. The number of carboxylic acids is 1. The maximum absolute atomic E-state index is 12.6. The largest absolute Gasteiger partial charge is 0.481 e. The van der Waals surface area contributed by atoms with Crippen LogP contribution < -0.4 is 0 Å². The van der Waals surface area contributed by atoms with Gasteiger partial charge in [-0.3, -0.25) is 9.59 Å². The average molecular weight is 290 g/mol. The number of carboxylic acid groups (broad SMARTS) is 1. The Balaban J connectivity index is 1.75. The lowest BCUT2D eigenvalue weighted by Gasteiger charge is -2.55. The summed E-state index contributed by atoms with van der Waals surface area (Å²) in [5.74, 6) is 0.00281. The van der Waals surface area contributed by atoms with E-state index in [4.69, 9.17) is 9.84 Å². The van der Waals surface area contributed by atoms with Crippen molar-refractivity contribution in [3.63, 3.8) is 0 Å². The van der Waals surface area contributed by atoms with Crippen LogP contribution in [0.25, 0.3) is 0 Å². The molecular formula is C17H22O4. The molecule has 21 heavy (non-hydrogen) atoms. The number of carbonyl (C=O) groups is 2. The van der Waals surface area contributed by atoms with E-state index in [1.54, 1.807) is 6.08 Å². The van der Waals surface area contributed by atoms with Gasteiger partial charge in [-0.2, -0.15) is 0 Å². The molecule has 1 N–H and O–H groups in total.